The second-order valence-electron chi connectivity index (χ2n) is 39.6. The van der Waals surface area contributed by atoms with Crippen LogP contribution in [0.4, 0.5) is 5.69 Å². The zero-order chi connectivity index (χ0) is 95.6. The second-order valence-corrected chi connectivity index (χ2v) is 39.6. The maximum Gasteiger partial charge on any atom is 0.178 e. The Morgan fingerprint density at radius 1 is 0.317 bits per heavy atom. The van der Waals surface area contributed by atoms with E-state index in [-0.39, 0.29) is 21.7 Å². The summed E-state index contributed by atoms with van der Waals surface area (Å²) < 4.78 is 78.9. The molecule has 4 aliphatic heterocycles. The molecule has 139 heavy (non-hydrogen) atoms. The van der Waals surface area contributed by atoms with Crippen molar-refractivity contribution in [2.24, 2.45) is 0 Å². The van der Waals surface area contributed by atoms with Gasteiger partial charge in [0.2, 0.25) is 0 Å². The minimum atomic E-state index is -0.964. The van der Waals surface area contributed by atoms with E-state index in [1.165, 1.54) is 121 Å². The van der Waals surface area contributed by atoms with Crippen LogP contribution >= 0.6 is 0 Å². The Labute approximate surface area is 816 Å². The fourth-order valence-electron chi connectivity index (χ4n) is 23.6. The zero-order valence-corrected chi connectivity index (χ0v) is 81.9. The van der Waals surface area contributed by atoms with Crippen molar-refractivity contribution >= 4 is 56.2 Å². The van der Waals surface area contributed by atoms with E-state index < -0.39 is 16.8 Å². The Morgan fingerprint density at radius 2 is 0.719 bits per heavy atom. The van der Waals surface area contributed by atoms with E-state index in [1.54, 1.807) is 49.8 Å². The van der Waals surface area contributed by atoms with Crippen LogP contribution < -0.4 is 52.3 Å². The molecule has 14 nitrogen and oxygen atoms in total. The minimum absolute atomic E-state index is 0.109. The van der Waals surface area contributed by atoms with Gasteiger partial charge < -0.3 is 66.5 Å². The van der Waals surface area contributed by atoms with Crippen molar-refractivity contribution in [1.82, 2.24) is 0 Å². The summed E-state index contributed by atoms with van der Waals surface area (Å²) in [5.41, 5.74) is 24.1. The largest absolute Gasteiger partial charge is 0.497 e. The second kappa shape index (κ2) is 37.0. The lowest BCUT2D eigenvalue weighted by molar-refractivity contribution is 0.122. The first-order valence-corrected chi connectivity index (χ1v) is 48.9. The van der Waals surface area contributed by atoms with Crippen LogP contribution in [0.25, 0.3) is 83.9 Å². The number of nitrogens with zero attached hydrogens (tertiary/aromatic N) is 1. The van der Waals surface area contributed by atoms with Gasteiger partial charge in [0.25, 0.3) is 0 Å². The first kappa shape index (κ1) is 91.4. The number of benzene rings is 15. The summed E-state index contributed by atoms with van der Waals surface area (Å²) >= 11 is 0. The molecule has 1 atom stereocenters. The van der Waals surface area contributed by atoms with Crippen LogP contribution in [-0.2, 0) is 65.5 Å². The average Bonchev–Trinajstić information content (AvgIpc) is 0.691. The highest BCUT2D eigenvalue weighted by molar-refractivity contribution is 6.11. The van der Waals surface area contributed by atoms with Crippen LogP contribution in [0.3, 0.4) is 0 Å². The Balaban J connectivity index is 0.000000124. The Morgan fingerprint density at radius 3 is 1.24 bits per heavy atom. The average molecular weight is 1850 g/mol. The number of morpholine rings is 1. The molecule has 0 radical (unpaired) electrons. The van der Waals surface area contributed by atoms with Crippen LogP contribution in [0.1, 0.15) is 157 Å². The highest BCUT2D eigenvalue weighted by Crippen LogP contribution is 2.64. The van der Waals surface area contributed by atoms with Gasteiger partial charge >= 0.3 is 0 Å². The molecule has 15 aromatic rings. The van der Waals surface area contributed by atoms with Crippen LogP contribution in [0, 0.1) is 0 Å². The summed E-state index contributed by atoms with van der Waals surface area (Å²) in [5, 5.41) is 6.71. The number of rotatable bonds is 20. The molecule has 1 unspecified atom stereocenters. The molecule has 4 heterocycles. The van der Waals surface area contributed by atoms with E-state index in [4.69, 9.17) is 61.6 Å². The smallest absolute Gasteiger partial charge is 0.178 e. The van der Waals surface area contributed by atoms with Crippen LogP contribution in [-0.4, -0.2) is 102 Å². The standard InChI is InChI=1S/C43H44O7.C42H41NO3.C40H36O3/c1-42(2)27-28-9-7-8-10-33(28)39-35-25-37(46-5)38(47-6)26-36(35)41-34(40(39)42)19-20-43(50-41,29-11-15-31(16-12-29)48-23-21-44-3)30-13-17-32(18-14-30)49-24-22-45-4;1-40(2)36-14-10-9-13-33(36)37-32-20-19-31(44-5)27-35(32)39-34(38(37)41(40,3)4)21-22-42(46-39,28-11-7-6-8-12-28)29-15-17-30(18-16-29)43-23-25-45-26-24-43;1-41-30-18-14-28(15-19-30)40(29-16-20-31(42-2)21-17-29)25-22-35-37-36(33-12-6-7-13-34(33)38(35)43-40)32-11-5-4-10-27(32)26-39(37)23-8-3-9-24-39/h7-20,25-26H,21-24,27H2,1-6H3;6-22,27H,23-26H2,1-5H3;4-7,10-22,25H,3,8-9,23-24,26H2,1-2H3. The van der Waals surface area contributed by atoms with Crippen LogP contribution in [0.2, 0.25) is 0 Å². The van der Waals surface area contributed by atoms with Crippen molar-refractivity contribution in [2.75, 3.05) is 107 Å². The number of hydrogen-bond donors (Lipinski definition) is 0. The lowest BCUT2D eigenvalue weighted by Crippen LogP contribution is -2.44. The normalized spacial score (nSPS) is 17.7. The molecule has 15 aromatic carbocycles. The number of methoxy groups -OCH3 is 7. The molecule has 704 valence electrons. The fraction of sp³-hybridized carbons (Fsp3) is 0.280. The summed E-state index contributed by atoms with van der Waals surface area (Å²) in [7, 11) is 11.8. The van der Waals surface area contributed by atoms with Crippen molar-refractivity contribution in [3.05, 3.63) is 381 Å². The molecular formula is C125H121NO13. The molecule has 14 heteroatoms. The van der Waals surface area contributed by atoms with E-state index >= 15 is 0 Å². The molecule has 1 saturated carbocycles. The SMILES string of the molecule is COCCOc1ccc(C2(c3ccc(OCCOC)cc3)C=Cc3c4c(c5cc(OC)c(OC)cc5c3O2)-c2ccccc2CC4(C)C)cc1.COc1ccc(C2(c3ccc(OC)cc3)C=Cc3c4c(c5ccccc5c3O2)-c2ccccc2CC42CCCCC2)cc1.COc1ccc2c3c(c4c(c2c1)OC(c1ccccc1)(c1ccc(N2CCOCC2)cc1)C=C4)C(C)(C)C(C)(C)c1ccccc1-3. The van der Waals surface area contributed by atoms with Crippen molar-refractivity contribution in [2.45, 2.75) is 125 Å². The monoisotopic (exact) mass is 1840 g/mol. The van der Waals surface area contributed by atoms with Crippen LogP contribution in [0.15, 0.2) is 297 Å². The first-order valence-electron chi connectivity index (χ1n) is 48.9. The summed E-state index contributed by atoms with van der Waals surface area (Å²) in [6.45, 7) is 19.5. The predicted molar refractivity (Wildman–Crippen MR) is 560 cm³/mol. The molecule has 0 N–H and O–H groups in total. The van der Waals surface area contributed by atoms with E-state index in [0.29, 0.717) is 37.9 Å². The first-order chi connectivity index (χ1) is 67.7. The molecule has 4 aliphatic carbocycles. The quantitative estimate of drug-likeness (QED) is 0.0673. The summed E-state index contributed by atoms with van der Waals surface area (Å²) in [6, 6.07) is 98.6. The number of anilines is 1. The summed E-state index contributed by atoms with van der Waals surface area (Å²) in [4.78, 5) is 2.39. The van der Waals surface area contributed by atoms with Gasteiger partial charge in [-0.25, -0.2) is 0 Å². The van der Waals surface area contributed by atoms with Gasteiger partial charge in [0.05, 0.1) is 62.0 Å². The predicted octanol–water partition coefficient (Wildman–Crippen LogP) is 27.7. The summed E-state index contributed by atoms with van der Waals surface area (Å²) in [6.07, 6.45) is 22.0. The lowest BCUT2D eigenvalue weighted by atomic mass is 9.54. The van der Waals surface area contributed by atoms with Gasteiger partial charge in [-0.2, -0.15) is 0 Å². The third-order valence-corrected chi connectivity index (χ3v) is 31.2. The lowest BCUT2D eigenvalue weighted by Gasteiger charge is -2.50. The molecule has 1 spiro atoms. The third kappa shape index (κ3) is 15.7. The van der Waals surface area contributed by atoms with Crippen molar-refractivity contribution in [3.8, 4) is 90.9 Å². The molecule has 0 amide bonds. The van der Waals surface area contributed by atoms with Crippen molar-refractivity contribution in [3.63, 3.8) is 0 Å². The Kier molecular flexibility index (Phi) is 24.4. The van der Waals surface area contributed by atoms with Gasteiger partial charge in [-0.15, -0.1) is 0 Å². The highest BCUT2D eigenvalue weighted by atomic mass is 16.5. The number of ether oxygens (including phenoxy) is 13. The number of hydrogen-bond acceptors (Lipinski definition) is 14. The summed E-state index contributed by atoms with van der Waals surface area (Å²) in [5.74, 6) is 8.00. The fourth-order valence-corrected chi connectivity index (χ4v) is 23.6. The topological polar surface area (TPSA) is 123 Å². The van der Waals surface area contributed by atoms with E-state index in [9.17, 15) is 0 Å². The maximum absolute atomic E-state index is 7.53. The zero-order valence-electron chi connectivity index (χ0n) is 81.9. The van der Waals surface area contributed by atoms with Gasteiger partial charge in [0.1, 0.15) is 59.2 Å². The molecule has 2 fully saturated rings. The van der Waals surface area contributed by atoms with E-state index in [2.05, 4.69) is 313 Å². The number of fused-ring (bicyclic) bond motifs is 25. The van der Waals surface area contributed by atoms with Crippen LogP contribution in [0.5, 0.6) is 57.5 Å². The van der Waals surface area contributed by atoms with Gasteiger partial charge in [-0.3, -0.25) is 0 Å². The van der Waals surface area contributed by atoms with Gasteiger partial charge in [-0.05, 0) is 229 Å². The van der Waals surface area contributed by atoms with Gasteiger partial charge in [0.15, 0.2) is 28.3 Å². The Bertz CT molecular complexity index is 7140. The molecular weight excluding hydrogens is 1720 g/mol. The molecule has 1 saturated heterocycles. The molecule has 0 bridgehead atoms. The third-order valence-electron chi connectivity index (χ3n) is 31.2. The highest BCUT2D eigenvalue weighted by Gasteiger charge is 2.52. The Hall–Kier alpha value is -14.0. The van der Waals surface area contributed by atoms with Crippen molar-refractivity contribution in [1.29, 1.82) is 0 Å². The minimum Gasteiger partial charge on any atom is -0.497 e. The molecule has 23 rings (SSSR count). The van der Waals surface area contributed by atoms with E-state index in [0.717, 1.165) is 151 Å². The van der Waals surface area contributed by atoms with E-state index in [1.807, 2.05) is 48.5 Å². The van der Waals surface area contributed by atoms with Gasteiger partial charge in [0, 0.05) is 110 Å². The molecule has 8 aliphatic rings. The maximum atomic E-state index is 7.53. The van der Waals surface area contributed by atoms with Crippen molar-refractivity contribution < 1.29 is 61.6 Å². The van der Waals surface area contributed by atoms with Gasteiger partial charge in [-0.1, -0.05) is 267 Å². The molecule has 0 aromatic heterocycles.